The molecule has 13 heteroatoms. The van der Waals surface area contributed by atoms with Crippen molar-refractivity contribution in [3.63, 3.8) is 0 Å². The Morgan fingerprint density at radius 1 is 1.27 bits per heavy atom. The van der Waals surface area contributed by atoms with E-state index in [1.54, 1.807) is 10.5 Å². The van der Waals surface area contributed by atoms with Crippen LogP contribution in [0.25, 0.3) is 11.0 Å². The monoisotopic (exact) mass is 507 g/mol. The number of anilines is 1. The fourth-order valence-electron chi connectivity index (χ4n) is 3.33. The molecule has 0 amide bonds. The normalized spacial score (nSPS) is 15.2. The first-order valence-corrected chi connectivity index (χ1v) is 11.9. The second kappa shape index (κ2) is 7.90. The summed E-state index contributed by atoms with van der Waals surface area (Å²) in [6.45, 7) is 0. The van der Waals surface area contributed by atoms with Crippen LogP contribution in [0.5, 0.6) is 0 Å². The molecule has 1 aromatic carbocycles. The first kappa shape index (κ1) is 21.5. The number of benzene rings is 1. The lowest BCUT2D eigenvalue weighted by Gasteiger charge is -2.18. The molecule has 3 N–H and O–H groups in total. The molecule has 2 aliphatic rings. The lowest BCUT2D eigenvalue weighted by Crippen LogP contribution is -2.19. The highest BCUT2D eigenvalue weighted by molar-refractivity contribution is 7.97. The van der Waals surface area contributed by atoms with Crippen molar-refractivity contribution in [3.8, 4) is 0 Å². The number of ketones is 1. The summed E-state index contributed by atoms with van der Waals surface area (Å²) < 4.78 is 62.1. The van der Waals surface area contributed by atoms with Crippen LogP contribution in [-0.4, -0.2) is 28.5 Å². The summed E-state index contributed by atoms with van der Waals surface area (Å²) >= 11 is 7.17. The number of aromatic nitrogens is 2. The number of hydrogen-bond donors (Lipinski definition) is 3. The highest BCUT2D eigenvalue weighted by Crippen LogP contribution is 2.32. The van der Waals surface area contributed by atoms with Crippen molar-refractivity contribution in [3.05, 3.63) is 93.5 Å². The van der Waals surface area contributed by atoms with Gasteiger partial charge in [-0.1, -0.05) is 11.6 Å². The molecule has 0 aliphatic carbocycles. The van der Waals surface area contributed by atoms with E-state index in [1.807, 2.05) is 0 Å². The maximum absolute atomic E-state index is 15.3. The van der Waals surface area contributed by atoms with Crippen LogP contribution in [0.3, 0.4) is 0 Å². The van der Waals surface area contributed by atoms with Crippen LogP contribution in [-0.2, 0) is 10.0 Å². The van der Waals surface area contributed by atoms with Gasteiger partial charge in [0.1, 0.15) is 11.5 Å². The molecule has 0 saturated carbocycles. The molecule has 3 aromatic rings. The standard InChI is InChI=1S/C20H12ClF2N5O3S2/c21-10-5-13-14(9-25-20(13)24-7-10)19(29)17-15(22)1-2-16(18(17)23)27-33(30,31)12-3-4-28-11(6-12)8-26-32-28/h1-9,26-27H,(H,24,25). The summed E-state index contributed by atoms with van der Waals surface area (Å²) in [6.07, 6.45) is 8.45. The van der Waals surface area contributed by atoms with Crippen molar-refractivity contribution in [2.24, 2.45) is 0 Å². The number of fused-ring (bicyclic) bond motifs is 2. The number of allylic oxidation sites excluding steroid dienone is 2. The third kappa shape index (κ3) is 3.75. The minimum atomic E-state index is -4.23. The van der Waals surface area contributed by atoms with Gasteiger partial charge in [-0.15, -0.1) is 0 Å². The predicted molar refractivity (Wildman–Crippen MR) is 121 cm³/mol. The van der Waals surface area contributed by atoms with Crippen LogP contribution in [0.4, 0.5) is 14.5 Å². The Bertz CT molecular complexity index is 1530. The number of carbonyl (C=O) groups excluding carboxylic acids is 1. The number of sulfonamides is 1. The molecule has 8 nitrogen and oxygen atoms in total. The van der Waals surface area contributed by atoms with Crippen LogP contribution in [0, 0.1) is 11.6 Å². The zero-order valence-electron chi connectivity index (χ0n) is 16.3. The number of pyridine rings is 1. The summed E-state index contributed by atoms with van der Waals surface area (Å²) in [7, 11) is -4.23. The average molecular weight is 508 g/mol. The van der Waals surface area contributed by atoms with Crippen LogP contribution in [0.15, 0.2) is 65.7 Å². The number of carbonyl (C=O) groups is 1. The van der Waals surface area contributed by atoms with Gasteiger partial charge in [-0.25, -0.2) is 22.2 Å². The Kier molecular flexibility index (Phi) is 5.15. The number of H-pyrrole nitrogens is 1. The molecule has 0 radical (unpaired) electrons. The Morgan fingerprint density at radius 3 is 2.91 bits per heavy atom. The van der Waals surface area contributed by atoms with E-state index in [4.69, 9.17) is 11.6 Å². The smallest absolute Gasteiger partial charge is 0.262 e. The van der Waals surface area contributed by atoms with Crippen LogP contribution in [0.1, 0.15) is 15.9 Å². The van der Waals surface area contributed by atoms with Crippen molar-refractivity contribution in [1.82, 2.24) is 19.0 Å². The second-order valence-corrected chi connectivity index (χ2v) is 9.87. The van der Waals surface area contributed by atoms with Gasteiger partial charge < -0.3 is 9.71 Å². The Morgan fingerprint density at radius 2 is 2.09 bits per heavy atom. The molecule has 2 aromatic heterocycles. The van der Waals surface area contributed by atoms with Crippen molar-refractivity contribution in [2.45, 2.75) is 0 Å². The lowest BCUT2D eigenvalue weighted by atomic mass is 10.0. The molecule has 0 saturated heterocycles. The fraction of sp³-hybridized carbons (Fsp3) is 0. The van der Waals surface area contributed by atoms with Gasteiger partial charge in [0, 0.05) is 35.7 Å². The van der Waals surface area contributed by atoms with Crippen LogP contribution >= 0.6 is 23.7 Å². The van der Waals surface area contributed by atoms with Crippen molar-refractivity contribution < 1.29 is 22.0 Å². The summed E-state index contributed by atoms with van der Waals surface area (Å²) in [4.78, 5) is 19.6. The van der Waals surface area contributed by atoms with Gasteiger partial charge in [0.2, 0.25) is 5.78 Å². The Hall–Kier alpha value is -3.35. The molecule has 0 spiro atoms. The first-order chi connectivity index (χ1) is 15.7. The van der Waals surface area contributed by atoms with Gasteiger partial charge in [-0.05, 0) is 30.4 Å². The number of halogens is 3. The molecule has 33 heavy (non-hydrogen) atoms. The van der Waals surface area contributed by atoms with E-state index in [-0.39, 0.29) is 20.9 Å². The second-order valence-electron chi connectivity index (χ2n) is 6.94. The summed E-state index contributed by atoms with van der Waals surface area (Å²) in [5.74, 6) is -3.48. The minimum absolute atomic E-state index is 0.0611. The lowest BCUT2D eigenvalue weighted by molar-refractivity contribution is 0.103. The third-order valence-corrected chi connectivity index (χ3v) is 7.21. The van der Waals surface area contributed by atoms with Gasteiger partial charge in [0.05, 0.1) is 39.0 Å². The van der Waals surface area contributed by atoms with E-state index in [9.17, 15) is 17.6 Å². The topological polar surface area (TPSA) is 107 Å². The number of nitrogens with zero attached hydrogens (tertiary/aromatic N) is 2. The van der Waals surface area contributed by atoms with Crippen molar-refractivity contribution >= 4 is 56.3 Å². The zero-order valence-corrected chi connectivity index (χ0v) is 18.7. The van der Waals surface area contributed by atoms with Crippen LogP contribution in [0.2, 0.25) is 5.02 Å². The van der Waals surface area contributed by atoms with E-state index in [0.717, 1.165) is 12.1 Å². The highest BCUT2D eigenvalue weighted by atomic mass is 35.5. The predicted octanol–water partition coefficient (Wildman–Crippen LogP) is 4.19. The molecular formula is C20H12ClF2N5O3S2. The van der Waals surface area contributed by atoms with Gasteiger partial charge in [-0.3, -0.25) is 13.8 Å². The number of aromatic amines is 1. The maximum atomic E-state index is 15.3. The zero-order chi connectivity index (χ0) is 23.3. The number of nitrogens with one attached hydrogen (secondary N) is 3. The molecule has 5 rings (SSSR count). The largest absolute Gasteiger partial charge is 0.345 e. The quantitative estimate of drug-likeness (QED) is 0.351. The first-order valence-electron chi connectivity index (χ1n) is 9.24. The molecule has 168 valence electrons. The number of rotatable bonds is 5. The van der Waals surface area contributed by atoms with Gasteiger partial charge >= 0.3 is 0 Å². The minimum Gasteiger partial charge on any atom is -0.345 e. The summed E-state index contributed by atoms with van der Waals surface area (Å²) in [6, 6.07) is 3.17. The summed E-state index contributed by atoms with van der Waals surface area (Å²) in [5.41, 5.74) is -0.659. The molecule has 0 bridgehead atoms. The van der Waals surface area contributed by atoms with Crippen LogP contribution < -0.4 is 9.44 Å². The summed E-state index contributed by atoms with van der Waals surface area (Å²) in [5, 5.41) is 0.507. The van der Waals surface area contributed by atoms with E-state index >= 15 is 4.39 Å². The van der Waals surface area contributed by atoms with E-state index < -0.39 is 38.7 Å². The number of hydrogen-bond acceptors (Lipinski definition) is 7. The van der Waals surface area contributed by atoms with Gasteiger partial charge in [-0.2, -0.15) is 0 Å². The molecule has 0 atom stereocenters. The fourth-order valence-corrected chi connectivity index (χ4v) is 5.19. The molecular weight excluding hydrogens is 496 g/mol. The molecule has 2 aliphatic heterocycles. The van der Waals surface area contributed by atoms with E-state index in [0.29, 0.717) is 11.3 Å². The van der Waals surface area contributed by atoms with E-state index in [1.165, 1.54) is 48.9 Å². The van der Waals surface area contributed by atoms with Crippen molar-refractivity contribution in [1.29, 1.82) is 0 Å². The Labute approximate surface area is 195 Å². The molecule has 0 unspecified atom stereocenters. The van der Waals surface area contributed by atoms with Gasteiger partial charge in [0.25, 0.3) is 10.0 Å². The SMILES string of the molecule is O=C(c1c(F)ccc(NS(=O)(=O)C2=CC3=CNSN3C=C2)c1F)c1c[nH]c2ncc(Cl)cc12. The van der Waals surface area contributed by atoms with Gasteiger partial charge in [0.15, 0.2) is 5.82 Å². The average Bonchev–Trinajstić information content (AvgIpc) is 3.41. The highest BCUT2D eigenvalue weighted by Gasteiger charge is 2.28. The Balaban J connectivity index is 1.52. The molecule has 4 heterocycles. The maximum Gasteiger partial charge on any atom is 0.262 e. The third-order valence-electron chi connectivity index (χ3n) is 4.89. The van der Waals surface area contributed by atoms with Crippen molar-refractivity contribution in [2.75, 3.05) is 4.72 Å². The van der Waals surface area contributed by atoms with E-state index in [2.05, 4.69) is 19.4 Å². The molecule has 0 fully saturated rings.